The van der Waals surface area contributed by atoms with E-state index in [1.165, 1.54) is 25.1 Å². The van der Waals surface area contributed by atoms with E-state index < -0.39 is 32.9 Å². The van der Waals surface area contributed by atoms with Crippen LogP contribution in [0.3, 0.4) is 0 Å². The Bertz CT molecular complexity index is 847. The van der Waals surface area contributed by atoms with Gasteiger partial charge in [-0.1, -0.05) is 0 Å². The molecule has 1 aromatic rings. The van der Waals surface area contributed by atoms with Gasteiger partial charge in [-0.05, 0) is 63.6 Å². The number of nitrogens with one attached hydrogen (secondary N) is 2. The third-order valence-electron chi connectivity index (χ3n) is 5.31. The number of hydrogen-bond donors (Lipinski definition) is 2. The largest absolute Gasteiger partial charge is 0.416 e. The number of sulfonamides is 1. The van der Waals surface area contributed by atoms with Gasteiger partial charge in [0.15, 0.2) is 0 Å². The summed E-state index contributed by atoms with van der Waals surface area (Å²) in [6.45, 7) is 3.71. The molecule has 1 fully saturated rings. The Morgan fingerprint density at radius 2 is 1.73 bits per heavy atom. The average Bonchev–Trinajstić information content (AvgIpc) is 2.65. The fourth-order valence-corrected chi connectivity index (χ4v) is 4.36. The number of carbonyl (C=O) groups is 1. The first-order valence-corrected chi connectivity index (χ1v) is 11.5. The van der Waals surface area contributed by atoms with Gasteiger partial charge in [0.2, 0.25) is 10.0 Å². The number of rotatable bonds is 7. The topological polar surface area (TPSA) is 78.5 Å². The normalized spacial score (nSPS) is 20.3. The number of alkyl halides is 3. The molecule has 1 aliphatic rings. The van der Waals surface area contributed by atoms with Gasteiger partial charge < -0.3 is 10.2 Å². The standard InChI is InChI=1S/C20H30F3N3O3S/c1-13(2)30(28,29)25-17-7-5-14(6-8-17)12-24-18-10-15(19(27)26(3)4)9-16(11-18)20(21,22)23/h9-11,13-14,17,24-25H,5-8,12H2,1-4H3. The molecule has 6 nitrogen and oxygen atoms in total. The summed E-state index contributed by atoms with van der Waals surface area (Å²) in [7, 11) is -0.342. The van der Waals surface area contributed by atoms with Crippen LogP contribution >= 0.6 is 0 Å². The highest BCUT2D eigenvalue weighted by Gasteiger charge is 2.32. The van der Waals surface area contributed by atoms with Crippen molar-refractivity contribution in [1.82, 2.24) is 9.62 Å². The maximum atomic E-state index is 13.2. The lowest BCUT2D eigenvalue weighted by molar-refractivity contribution is -0.137. The van der Waals surface area contributed by atoms with Crippen molar-refractivity contribution in [3.63, 3.8) is 0 Å². The second-order valence-corrected chi connectivity index (χ2v) is 10.6. The third-order valence-corrected chi connectivity index (χ3v) is 7.21. The minimum atomic E-state index is -4.55. The number of amides is 1. The Kier molecular flexibility index (Phi) is 7.79. The molecule has 30 heavy (non-hydrogen) atoms. The van der Waals surface area contributed by atoms with Crippen LogP contribution in [0.4, 0.5) is 18.9 Å². The molecule has 1 aromatic carbocycles. The van der Waals surface area contributed by atoms with Crippen LogP contribution in [0.15, 0.2) is 18.2 Å². The summed E-state index contributed by atoms with van der Waals surface area (Å²) >= 11 is 0. The molecule has 0 aliphatic heterocycles. The van der Waals surface area contributed by atoms with E-state index >= 15 is 0 Å². The molecule has 0 spiro atoms. The molecule has 2 N–H and O–H groups in total. The van der Waals surface area contributed by atoms with E-state index in [2.05, 4.69) is 10.0 Å². The van der Waals surface area contributed by atoms with Gasteiger partial charge in [0.25, 0.3) is 5.91 Å². The maximum Gasteiger partial charge on any atom is 0.416 e. The van der Waals surface area contributed by atoms with Crippen molar-refractivity contribution in [3.8, 4) is 0 Å². The van der Waals surface area contributed by atoms with Gasteiger partial charge >= 0.3 is 6.18 Å². The predicted octanol–water partition coefficient (Wildman–Crippen LogP) is 3.71. The first-order chi connectivity index (χ1) is 13.8. The number of carbonyl (C=O) groups excluding carboxylic acids is 1. The van der Waals surface area contributed by atoms with E-state index in [0.29, 0.717) is 19.4 Å². The lowest BCUT2D eigenvalue weighted by Crippen LogP contribution is -2.41. The molecule has 0 atom stereocenters. The molecule has 1 amide bonds. The lowest BCUT2D eigenvalue weighted by Gasteiger charge is -2.30. The summed E-state index contributed by atoms with van der Waals surface area (Å²) in [6, 6.07) is 3.19. The van der Waals surface area contributed by atoms with Crippen molar-refractivity contribution < 1.29 is 26.4 Å². The Morgan fingerprint density at radius 1 is 1.13 bits per heavy atom. The van der Waals surface area contributed by atoms with Gasteiger partial charge in [0.05, 0.1) is 10.8 Å². The summed E-state index contributed by atoms with van der Waals surface area (Å²) in [5.41, 5.74) is -0.647. The van der Waals surface area contributed by atoms with E-state index in [0.717, 1.165) is 25.0 Å². The zero-order chi connectivity index (χ0) is 22.7. The highest BCUT2D eigenvalue weighted by atomic mass is 32.2. The highest BCUT2D eigenvalue weighted by molar-refractivity contribution is 7.90. The average molecular weight is 450 g/mol. The Labute approximate surface area is 176 Å². The van der Waals surface area contributed by atoms with E-state index in [9.17, 15) is 26.4 Å². The molecule has 0 heterocycles. The monoisotopic (exact) mass is 449 g/mol. The maximum absolute atomic E-state index is 13.2. The number of nitrogens with zero attached hydrogens (tertiary/aromatic N) is 1. The number of anilines is 1. The van der Waals surface area contributed by atoms with Crippen molar-refractivity contribution in [2.45, 2.75) is 57.0 Å². The molecule has 0 aromatic heterocycles. The van der Waals surface area contributed by atoms with Crippen LogP contribution < -0.4 is 10.0 Å². The van der Waals surface area contributed by atoms with Crippen LogP contribution in [0.1, 0.15) is 55.5 Å². The Hall–Kier alpha value is -1.81. The molecule has 0 saturated heterocycles. The van der Waals surface area contributed by atoms with Gasteiger partial charge in [-0.3, -0.25) is 4.79 Å². The zero-order valence-corrected chi connectivity index (χ0v) is 18.5. The van der Waals surface area contributed by atoms with Crippen molar-refractivity contribution in [2.24, 2.45) is 5.92 Å². The molecule has 0 unspecified atom stereocenters. The van der Waals surface area contributed by atoms with Gasteiger partial charge in [0.1, 0.15) is 0 Å². The number of benzene rings is 1. The third kappa shape index (κ3) is 6.60. The molecule has 0 radical (unpaired) electrons. The van der Waals surface area contributed by atoms with Crippen molar-refractivity contribution in [3.05, 3.63) is 29.3 Å². The van der Waals surface area contributed by atoms with E-state index in [4.69, 9.17) is 0 Å². The SMILES string of the molecule is CC(C)S(=O)(=O)NC1CCC(CNc2cc(C(=O)N(C)C)cc(C(F)(F)F)c2)CC1. The molecular weight excluding hydrogens is 419 g/mol. The van der Waals surface area contributed by atoms with Gasteiger partial charge in [0, 0.05) is 37.9 Å². The minimum absolute atomic E-state index is 0.0240. The minimum Gasteiger partial charge on any atom is -0.385 e. The zero-order valence-electron chi connectivity index (χ0n) is 17.7. The van der Waals surface area contributed by atoms with Gasteiger partial charge in [-0.25, -0.2) is 13.1 Å². The first-order valence-electron chi connectivity index (χ1n) is 9.98. The molecule has 1 saturated carbocycles. The van der Waals surface area contributed by atoms with Crippen LogP contribution in [0.5, 0.6) is 0 Å². The number of hydrogen-bond acceptors (Lipinski definition) is 4. The quantitative estimate of drug-likeness (QED) is 0.665. The molecule has 2 rings (SSSR count). The molecule has 10 heteroatoms. The van der Waals surface area contributed by atoms with Gasteiger partial charge in [-0.15, -0.1) is 0 Å². The van der Waals surface area contributed by atoms with Crippen LogP contribution in [0.25, 0.3) is 0 Å². The summed E-state index contributed by atoms with van der Waals surface area (Å²) in [5.74, 6) is -0.283. The summed E-state index contributed by atoms with van der Waals surface area (Å²) in [5, 5.41) is 2.54. The van der Waals surface area contributed by atoms with Crippen molar-refractivity contribution in [2.75, 3.05) is 26.0 Å². The molecule has 0 bridgehead atoms. The predicted molar refractivity (Wildman–Crippen MR) is 111 cm³/mol. The fourth-order valence-electron chi connectivity index (χ4n) is 3.39. The van der Waals surface area contributed by atoms with E-state index in [1.807, 2.05) is 0 Å². The fraction of sp³-hybridized carbons (Fsp3) is 0.650. The Morgan fingerprint density at radius 3 is 2.23 bits per heavy atom. The Balaban J connectivity index is 2.01. The number of halogens is 3. The molecule has 170 valence electrons. The summed E-state index contributed by atoms with van der Waals surface area (Å²) < 4.78 is 66.4. The second-order valence-electron chi connectivity index (χ2n) is 8.31. The smallest absolute Gasteiger partial charge is 0.385 e. The highest BCUT2D eigenvalue weighted by Crippen LogP contribution is 2.33. The van der Waals surface area contributed by atoms with Crippen molar-refractivity contribution in [1.29, 1.82) is 0 Å². The summed E-state index contributed by atoms with van der Waals surface area (Å²) in [4.78, 5) is 13.4. The van der Waals surface area contributed by atoms with Crippen molar-refractivity contribution >= 4 is 21.6 Å². The van der Waals surface area contributed by atoms with Crippen LogP contribution in [-0.2, 0) is 16.2 Å². The first kappa shape index (κ1) is 24.5. The molecule has 1 aliphatic carbocycles. The molecular formula is C20H30F3N3O3S. The second kappa shape index (κ2) is 9.55. The lowest BCUT2D eigenvalue weighted by atomic mass is 9.86. The summed E-state index contributed by atoms with van der Waals surface area (Å²) in [6.07, 6.45) is -1.65. The van der Waals surface area contributed by atoms with Crippen LogP contribution in [-0.4, -0.2) is 51.2 Å². The van der Waals surface area contributed by atoms with Crippen LogP contribution in [0, 0.1) is 5.92 Å². The van der Waals surface area contributed by atoms with Crippen LogP contribution in [0.2, 0.25) is 0 Å². The van der Waals surface area contributed by atoms with E-state index in [1.54, 1.807) is 13.8 Å². The van der Waals surface area contributed by atoms with E-state index in [-0.39, 0.29) is 23.2 Å². The van der Waals surface area contributed by atoms with Gasteiger partial charge in [-0.2, -0.15) is 13.2 Å².